The second-order valence-electron chi connectivity index (χ2n) is 7.02. The zero-order chi connectivity index (χ0) is 17.0. The molecule has 1 saturated heterocycles. The third kappa shape index (κ3) is 11.3. The van der Waals surface area contributed by atoms with Crippen LogP contribution in [0.3, 0.4) is 0 Å². The number of nitrogens with one attached hydrogen (secondary N) is 3. The van der Waals surface area contributed by atoms with Crippen molar-refractivity contribution in [3.63, 3.8) is 0 Å². The topological polar surface area (TPSA) is 66.9 Å². The SMILES string of the molecule is CCNC(=NCCCOCC1CCOC1)NCCNC(C)(C)C. The molecule has 0 saturated carbocycles. The Balaban J connectivity index is 2.08. The average molecular weight is 329 g/mol. The van der Waals surface area contributed by atoms with Crippen LogP contribution in [0.25, 0.3) is 0 Å². The van der Waals surface area contributed by atoms with Crippen LogP contribution >= 0.6 is 0 Å². The molecule has 1 aliphatic heterocycles. The average Bonchev–Trinajstić information content (AvgIpc) is 2.99. The number of hydrogen-bond acceptors (Lipinski definition) is 4. The third-order valence-corrected chi connectivity index (χ3v) is 3.51. The van der Waals surface area contributed by atoms with Crippen molar-refractivity contribution in [2.24, 2.45) is 10.9 Å². The van der Waals surface area contributed by atoms with Gasteiger partial charge in [0.05, 0.1) is 13.2 Å². The summed E-state index contributed by atoms with van der Waals surface area (Å²) in [6.45, 7) is 15.4. The Labute approximate surface area is 141 Å². The number of guanidine groups is 1. The number of rotatable bonds is 10. The van der Waals surface area contributed by atoms with Gasteiger partial charge in [-0.1, -0.05) is 0 Å². The minimum atomic E-state index is 0.152. The van der Waals surface area contributed by atoms with E-state index in [4.69, 9.17) is 9.47 Å². The van der Waals surface area contributed by atoms with Gasteiger partial charge in [-0.15, -0.1) is 0 Å². The van der Waals surface area contributed by atoms with E-state index in [-0.39, 0.29) is 5.54 Å². The van der Waals surface area contributed by atoms with Crippen molar-refractivity contribution in [1.29, 1.82) is 0 Å². The van der Waals surface area contributed by atoms with Crippen LogP contribution < -0.4 is 16.0 Å². The summed E-state index contributed by atoms with van der Waals surface area (Å²) in [6.07, 6.45) is 2.08. The van der Waals surface area contributed by atoms with E-state index >= 15 is 0 Å². The fourth-order valence-electron chi connectivity index (χ4n) is 2.28. The Hall–Kier alpha value is -0.850. The van der Waals surface area contributed by atoms with Gasteiger partial charge in [-0.3, -0.25) is 4.99 Å². The van der Waals surface area contributed by atoms with Gasteiger partial charge in [-0.05, 0) is 40.5 Å². The molecule has 1 aliphatic rings. The number of aliphatic imine (C=N–C) groups is 1. The molecule has 0 bridgehead atoms. The molecule has 1 fully saturated rings. The summed E-state index contributed by atoms with van der Waals surface area (Å²) in [5.74, 6) is 1.47. The first kappa shape index (κ1) is 20.2. The Morgan fingerprint density at radius 1 is 1.26 bits per heavy atom. The summed E-state index contributed by atoms with van der Waals surface area (Å²) in [7, 11) is 0. The van der Waals surface area contributed by atoms with Crippen molar-refractivity contribution in [3.05, 3.63) is 0 Å². The Bertz CT molecular complexity index is 323. The molecule has 3 N–H and O–H groups in total. The third-order valence-electron chi connectivity index (χ3n) is 3.51. The first-order valence-corrected chi connectivity index (χ1v) is 8.94. The van der Waals surface area contributed by atoms with E-state index in [1.807, 2.05) is 0 Å². The molecule has 0 aromatic rings. The molecule has 0 radical (unpaired) electrons. The monoisotopic (exact) mass is 328 g/mol. The molecule has 0 amide bonds. The predicted molar refractivity (Wildman–Crippen MR) is 96.1 cm³/mol. The zero-order valence-corrected chi connectivity index (χ0v) is 15.4. The van der Waals surface area contributed by atoms with Crippen LogP contribution in [0, 0.1) is 5.92 Å². The first-order valence-electron chi connectivity index (χ1n) is 8.94. The van der Waals surface area contributed by atoms with E-state index in [0.717, 1.165) is 71.4 Å². The van der Waals surface area contributed by atoms with E-state index in [9.17, 15) is 0 Å². The molecule has 0 aliphatic carbocycles. The molecule has 1 unspecified atom stereocenters. The van der Waals surface area contributed by atoms with Crippen LogP contribution in [0.4, 0.5) is 0 Å². The lowest BCUT2D eigenvalue weighted by atomic mass is 10.1. The molecular formula is C17H36N4O2. The van der Waals surface area contributed by atoms with Gasteiger partial charge in [-0.25, -0.2) is 0 Å². The number of nitrogens with zero attached hydrogens (tertiary/aromatic N) is 1. The quantitative estimate of drug-likeness (QED) is 0.321. The molecule has 0 aromatic carbocycles. The minimum Gasteiger partial charge on any atom is -0.381 e. The van der Waals surface area contributed by atoms with Gasteiger partial charge < -0.3 is 25.4 Å². The van der Waals surface area contributed by atoms with E-state index in [2.05, 4.69) is 48.6 Å². The number of hydrogen-bond donors (Lipinski definition) is 3. The van der Waals surface area contributed by atoms with Crippen LogP contribution in [0.5, 0.6) is 0 Å². The maximum atomic E-state index is 5.70. The smallest absolute Gasteiger partial charge is 0.191 e. The highest BCUT2D eigenvalue weighted by Gasteiger charge is 2.15. The van der Waals surface area contributed by atoms with Gasteiger partial charge in [-0.2, -0.15) is 0 Å². The Morgan fingerprint density at radius 3 is 2.74 bits per heavy atom. The molecule has 6 nitrogen and oxygen atoms in total. The highest BCUT2D eigenvalue weighted by Crippen LogP contribution is 2.12. The zero-order valence-electron chi connectivity index (χ0n) is 15.4. The van der Waals surface area contributed by atoms with Crippen molar-refractivity contribution in [1.82, 2.24) is 16.0 Å². The summed E-state index contributed by atoms with van der Waals surface area (Å²) >= 11 is 0. The lowest BCUT2D eigenvalue weighted by Crippen LogP contribution is -2.44. The van der Waals surface area contributed by atoms with Gasteiger partial charge in [0.25, 0.3) is 0 Å². The lowest BCUT2D eigenvalue weighted by Gasteiger charge is -2.21. The fraction of sp³-hybridized carbons (Fsp3) is 0.941. The molecular weight excluding hydrogens is 292 g/mol. The van der Waals surface area contributed by atoms with Crippen molar-refractivity contribution in [2.75, 3.05) is 52.6 Å². The molecule has 23 heavy (non-hydrogen) atoms. The minimum absolute atomic E-state index is 0.152. The van der Waals surface area contributed by atoms with Crippen LogP contribution in [0.1, 0.15) is 40.5 Å². The molecule has 0 spiro atoms. The van der Waals surface area contributed by atoms with E-state index in [1.165, 1.54) is 0 Å². The second-order valence-corrected chi connectivity index (χ2v) is 7.02. The maximum absolute atomic E-state index is 5.70. The highest BCUT2D eigenvalue weighted by atomic mass is 16.5. The van der Waals surface area contributed by atoms with Crippen LogP contribution in [0.15, 0.2) is 4.99 Å². The van der Waals surface area contributed by atoms with Crippen molar-refractivity contribution >= 4 is 5.96 Å². The van der Waals surface area contributed by atoms with Crippen LogP contribution in [-0.4, -0.2) is 64.1 Å². The Kier molecular flexibility index (Phi) is 10.2. The maximum Gasteiger partial charge on any atom is 0.191 e. The van der Waals surface area contributed by atoms with E-state index < -0.39 is 0 Å². The molecule has 136 valence electrons. The fourth-order valence-corrected chi connectivity index (χ4v) is 2.28. The normalized spacial score (nSPS) is 19.1. The van der Waals surface area contributed by atoms with Crippen molar-refractivity contribution in [3.8, 4) is 0 Å². The summed E-state index contributed by atoms with van der Waals surface area (Å²) in [5, 5.41) is 10.1. The summed E-state index contributed by atoms with van der Waals surface area (Å²) in [5.41, 5.74) is 0.152. The number of ether oxygens (including phenoxy) is 2. The Morgan fingerprint density at radius 2 is 2.09 bits per heavy atom. The molecule has 1 atom stereocenters. The highest BCUT2D eigenvalue weighted by molar-refractivity contribution is 5.79. The molecule has 1 rings (SSSR count). The van der Waals surface area contributed by atoms with Gasteiger partial charge >= 0.3 is 0 Å². The molecule has 0 aromatic heterocycles. The second kappa shape index (κ2) is 11.6. The van der Waals surface area contributed by atoms with E-state index in [1.54, 1.807) is 0 Å². The van der Waals surface area contributed by atoms with Crippen LogP contribution in [0.2, 0.25) is 0 Å². The summed E-state index contributed by atoms with van der Waals surface area (Å²) in [6, 6.07) is 0. The van der Waals surface area contributed by atoms with Gasteiger partial charge in [0.2, 0.25) is 0 Å². The van der Waals surface area contributed by atoms with E-state index in [0.29, 0.717) is 5.92 Å². The first-order chi connectivity index (χ1) is 11.0. The van der Waals surface area contributed by atoms with Gasteiger partial charge in [0.1, 0.15) is 0 Å². The molecule has 6 heteroatoms. The van der Waals surface area contributed by atoms with Gasteiger partial charge in [0, 0.05) is 50.8 Å². The standard InChI is InChI=1S/C17H36N4O2/c1-5-18-16(20-9-10-21-17(2,3)4)19-8-6-11-22-13-15-7-12-23-14-15/h15,21H,5-14H2,1-4H3,(H2,18,19,20). The lowest BCUT2D eigenvalue weighted by molar-refractivity contribution is 0.0893. The van der Waals surface area contributed by atoms with Crippen LogP contribution in [-0.2, 0) is 9.47 Å². The van der Waals surface area contributed by atoms with Crippen molar-refractivity contribution < 1.29 is 9.47 Å². The summed E-state index contributed by atoms with van der Waals surface area (Å²) < 4.78 is 11.0. The largest absolute Gasteiger partial charge is 0.381 e. The molecule has 1 heterocycles. The van der Waals surface area contributed by atoms with Crippen molar-refractivity contribution in [2.45, 2.75) is 46.1 Å². The van der Waals surface area contributed by atoms with Gasteiger partial charge in [0.15, 0.2) is 5.96 Å². The summed E-state index contributed by atoms with van der Waals surface area (Å²) in [4.78, 5) is 4.58. The predicted octanol–water partition coefficient (Wildman–Crippen LogP) is 1.37.